The van der Waals surface area contributed by atoms with Crippen LogP contribution in [0.3, 0.4) is 0 Å². The van der Waals surface area contributed by atoms with Gasteiger partial charge >= 0.3 is 0 Å². The average Bonchev–Trinajstić information content (AvgIpc) is 1.91. The van der Waals surface area contributed by atoms with E-state index in [1.165, 1.54) is 0 Å². The third-order valence-corrected chi connectivity index (χ3v) is 1.41. The summed E-state index contributed by atoms with van der Waals surface area (Å²) in [6.07, 6.45) is 1.78. The number of hydrogen-bond acceptors (Lipinski definition) is 1. The Morgan fingerprint density at radius 3 is 2.57 bits per heavy atom. The van der Waals surface area contributed by atoms with Crippen LogP contribution >= 0.6 is 15.9 Å². The zero-order valence-electron chi connectivity index (χ0n) is 3.61. The highest BCUT2D eigenvalue weighted by atomic mass is 79.9. The number of aromatic amines is 1. The van der Waals surface area contributed by atoms with E-state index >= 15 is 0 Å². The van der Waals surface area contributed by atoms with Crippen LogP contribution in [0.4, 0.5) is 5.69 Å². The van der Waals surface area contributed by atoms with E-state index in [9.17, 15) is 0 Å². The number of rotatable bonds is 0. The molecular formula is C4H5BrN2. The minimum absolute atomic E-state index is 0.750. The van der Waals surface area contributed by atoms with Crippen LogP contribution < -0.4 is 5.73 Å². The molecule has 1 heterocycles. The topological polar surface area (TPSA) is 41.8 Å². The van der Waals surface area contributed by atoms with Crippen LogP contribution in [0.15, 0.2) is 16.9 Å². The van der Waals surface area contributed by atoms with Gasteiger partial charge in [0.15, 0.2) is 0 Å². The lowest BCUT2D eigenvalue weighted by molar-refractivity contribution is 1.36. The molecule has 0 aliphatic rings. The van der Waals surface area contributed by atoms with Crippen molar-refractivity contribution in [1.29, 1.82) is 0 Å². The van der Waals surface area contributed by atoms with E-state index < -0.39 is 0 Å². The second-order valence-corrected chi connectivity index (χ2v) is 2.04. The Labute approximate surface area is 49.8 Å². The molecule has 2 nitrogen and oxygen atoms in total. The second kappa shape index (κ2) is 1.58. The van der Waals surface area contributed by atoms with Gasteiger partial charge in [0.25, 0.3) is 0 Å². The van der Waals surface area contributed by atoms with Crippen molar-refractivity contribution >= 4 is 21.6 Å². The minimum Gasteiger partial charge on any atom is -0.397 e. The van der Waals surface area contributed by atoms with Gasteiger partial charge in [-0.05, 0) is 22.0 Å². The first kappa shape index (κ1) is 4.71. The molecule has 0 bridgehead atoms. The standard InChI is InChI=1S/C4H5BrN2/c5-4-3(6)1-2-7-4/h1-2,7H,6H2. The van der Waals surface area contributed by atoms with Crippen molar-refractivity contribution in [2.45, 2.75) is 0 Å². The molecule has 38 valence electrons. The molecule has 1 rings (SSSR count). The quantitative estimate of drug-likeness (QED) is 0.592. The molecule has 0 aliphatic carbocycles. The maximum absolute atomic E-state index is 5.36. The molecular weight excluding hydrogens is 156 g/mol. The van der Waals surface area contributed by atoms with Gasteiger partial charge in [-0.15, -0.1) is 0 Å². The van der Waals surface area contributed by atoms with Crippen LogP contribution in [0.2, 0.25) is 0 Å². The summed E-state index contributed by atoms with van der Waals surface area (Å²) in [5.41, 5.74) is 6.11. The first-order chi connectivity index (χ1) is 3.30. The molecule has 0 fully saturated rings. The van der Waals surface area contributed by atoms with Crippen LogP contribution in [0.5, 0.6) is 0 Å². The van der Waals surface area contributed by atoms with Gasteiger partial charge < -0.3 is 10.7 Å². The van der Waals surface area contributed by atoms with Crippen LogP contribution in [0.1, 0.15) is 0 Å². The van der Waals surface area contributed by atoms with E-state index in [2.05, 4.69) is 20.9 Å². The van der Waals surface area contributed by atoms with Crippen molar-refractivity contribution in [3.8, 4) is 0 Å². The molecule has 0 unspecified atom stereocenters. The van der Waals surface area contributed by atoms with Gasteiger partial charge in [-0.3, -0.25) is 0 Å². The molecule has 0 saturated heterocycles. The van der Waals surface area contributed by atoms with Crippen LogP contribution in [0.25, 0.3) is 0 Å². The van der Waals surface area contributed by atoms with Crippen molar-refractivity contribution in [3.63, 3.8) is 0 Å². The molecule has 1 aromatic rings. The average molecular weight is 161 g/mol. The molecule has 0 aliphatic heterocycles. The molecule has 3 heteroatoms. The van der Waals surface area contributed by atoms with Gasteiger partial charge in [0.1, 0.15) is 4.60 Å². The summed E-state index contributed by atoms with van der Waals surface area (Å²) in [4.78, 5) is 2.86. The molecule has 0 atom stereocenters. The molecule has 3 N–H and O–H groups in total. The van der Waals surface area contributed by atoms with Crippen molar-refractivity contribution in [1.82, 2.24) is 4.98 Å². The third kappa shape index (κ3) is 0.771. The zero-order valence-corrected chi connectivity index (χ0v) is 5.20. The van der Waals surface area contributed by atoms with Crippen LogP contribution in [-0.4, -0.2) is 4.98 Å². The Balaban J connectivity index is 3.12. The fourth-order valence-electron chi connectivity index (χ4n) is 0.361. The zero-order chi connectivity index (χ0) is 5.28. The Hall–Kier alpha value is -0.440. The summed E-state index contributed by atoms with van der Waals surface area (Å²) in [6, 6.07) is 1.80. The van der Waals surface area contributed by atoms with Gasteiger partial charge in [-0.2, -0.15) is 0 Å². The number of nitrogen functional groups attached to an aromatic ring is 1. The fourth-order valence-corrected chi connectivity index (χ4v) is 0.625. The second-order valence-electron chi connectivity index (χ2n) is 1.25. The molecule has 1 aromatic heterocycles. The summed E-state index contributed by atoms with van der Waals surface area (Å²) in [7, 11) is 0. The van der Waals surface area contributed by atoms with Gasteiger partial charge in [-0.25, -0.2) is 0 Å². The first-order valence-electron chi connectivity index (χ1n) is 1.89. The highest BCUT2D eigenvalue weighted by Crippen LogP contribution is 2.14. The highest BCUT2D eigenvalue weighted by Gasteiger charge is 1.88. The number of aromatic nitrogens is 1. The Morgan fingerprint density at radius 1 is 1.71 bits per heavy atom. The summed E-state index contributed by atoms with van der Waals surface area (Å²) >= 11 is 3.18. The summed E-state index contributed by atoms with van der Waals surface area (Å²) in [5.74, 6) is 0. The summed E-state index contributed by atoms with van der Waals surface area (Å²) < 4.78 is 0.854. The number of anilines is 1. The number of nitrogens with two attached hydrogens (primary N) is 1. The van der Waals surface area contributed by atoms with Crippen LogP contribution in [0, 0.1) is 0 Å². The molecule has 0 spiro atoms. The minimum atomic E-state index is 0.750. The number of nitrogens with one attached hydrogen (secondary N) is 1. The lowest BCUT2D eigenvalue weighted by Gasteiger charge is -1.79. The fraction of sp³-hybridized carbons (Fsp3) is 0. The normalized spacial score (nSPS) is 9.29. The Bertz CT molecular complexity index is 142. The van der Waals surface area contributed by atoms with Crippen molar-refractivity contribution in [2.24, 2.45) is 0 Å². The van der Waals surface area contributed by atoms with E-state index in [0.29, 0.717) is 0 Å². The predicted molar refractivity (Wildman–Crippen MR) is 32.9 cm³/mol. The number of H-pyrrole nitrogens is 1. The molecule has 0 amide bonds. The molecule has 7 heavy (non-hydrogen) atoms. The first-order valence-corrected chi connectivity index (χ1v) is 2.68. The lowest BCUT2D eigenvalue weighted by atomic mass is 10.6. The van der Waals surface area contributed by atoms with E-state index in [1.54, 1.807) is 12.3 Å². The SMILES string of the molecule is Nc1cc[nH]c1Br. The maximum Gasteiger partial charge on any atom is 0.105 e. The van der Waals surface area contributed by atoms with Crippen molar-refractivity contribution in [2.75, 3.05) is 5.73 Å². The summed E-state index contributed by atoms with van der Waals surface area (Å²) in [6.45, 7) is 0. The maximum atomic E-state index is 5.36. The van der Waals surface area contributed by atoms with E-state index in [4.69, 9.17) is 5.73 Å². The van der Waals surface area contributed by atoms with E-state index in [0.717, 1.165) is 10.3 Å². The van der Waals surface area contributed by atoms with Crippen LogP contribution in [-0.2, 0) is 0 Å². The van der Waals surface area contributed by atoms with Crippen molar-refractivity contribution < 1.29 is 0 Å². The smallest absolute Gasteiger partial charge is 0.105 e. The van der Waals surface area contributed by atoms with Gasteiger partial charge in [0.2, 0.25) is 0 Å². The molecule has 0 saturated carbocycles. The molecule has 0 radical (unpaired) electrons. The number of halogens is 1. The third-order valence-electron chi connectivity index (χ3n) is 0.726. The monoisotopic (exact) mass is 160 g/mol. The largest absolute Gasteiger partial charge is 0.397 e. The van der Waals surface area contributed by atoms with Gasteiger partial charge in [-0.1, -0.05) is 0 Å². The predicted octanol–water partition coefficient (Wildman–Crippen LogP) is 1.36. The van der Waals surface area contributed by atoms with E-state index in [-0.39, 0.29) is 0 Å². The van der Waals surface area contributed by atoms with E-state index in [1.807, 2.05) is 0 Å². The number of hydrogen-bond donors (Lipinski definition) is 2. The highest BCUT2D eigenvalue weighted by molar-refractivity contribution is 9.10. The molecule has 0 aromatic carbocycles. The lowest BCUT2D eigenvalue weighted by Crippen LogP contribution is -1.78. The summed E-state index contributed by atoms with van der Waals surface area (Å²) in [5, 5.41) is 0. The van der Waals surface area contributed by atoms with Crippen molar-refractivity contribution in [3.05, 3.63) is 16.9 Å². The Morgan fingerprint density at radius 2 is 2.43 bits per heavy atom. The van der Waals surface area contributed by atoms with Gasteiger partial charge in [0.05, 0.1) is 5.69 Å². The van der Waals surface area contributed by atoms with Gasteiger partial charge in [0, 0.05) is 6.20 Å². The Kier molecular flexibility index (Phi) is 1.06.